The Morgan fingerprint density at radius 3 is 2.18 bits per heavy atom. The zero-order valence-electron chi connectivity index (χ0n) is 20.0. The molecule has 0 spiro atoms. The van der Waals surface area contributed by atoms with Crippen LogP contribution in [0.15, 0.2) is 42.1 Å². The minimum Gasteiger partial charge on any atom is -0.497 e. The number of piperazine rings is 1. The van der Waals surface area contributed by atoms with Crippen molar-refractivity contribution in [3.8, 4) is 11.5 Å². The Morgan fingerprint density at radius 1 is 0.848 bits per heavy atom. The zero-order chi connectivity index (χ0) is 23.7. The van der Waals surface area contributed by atoms with E-state index in [1.54, 1.807) is 25.3 Å². The smallest absolute Gasteiger partial charge is 0.282 e. The molecule has 0 saturated carbocycles. The zero-order valence-corrected chi connectivity index (χ0v) is 20.0. The van der Waals surface area contributed by atoms with E-state index in [1.807, 2.05) is 32.0 Å². The van der Waals surface area contributed by atoms with Crippen LogP contribution >= 0.6 is 0 Å². The van der Waals surface area contributed by atoms with Gasteiger partial charge in [0.15, 0.2) is 0 Å². The number of ether oxygens (including phenoxy) is 2. The van der Waals surface area contributed by atoms with Crippen LogP contribution in [0.1, 0.15) is 23.6 Å². The number of imide groups is 1. The van der Waals surface area contributed by atoms with Crippen LogP contribution in [0.2, 0.25) is 0 Å². The van der Waals surface area contributed by atoms with Crippen molar-refractivity contribution in [3.05, 3.63) is 58.8 Å². The van der Waals surface area contributed by atoms with Gasteiger partial charge in [0.2, 0.25) is 0 Å². The Bertz CT molecular complexity index is 1120. The first kappa shape index (κ1) is 22.9. The van der Waals surface area contributed by atoms with Gasteiger partial charge in [0.25, 0.3) is 11.8 Å². The standard InChI is InChI=1S/C26H31N3O4/c1-6-27-11-13-28(14-12-27)24-23(19-8-7-17(2)18(3)15-19)25(30)29(26(24)31)21-10-9-20(32-4)16-22(21)33-5/h7-10,15-16H,6,11-14H2,1-5H3. The Kier molecular flexibility index (Phi) is 6.42. The molecule has 2 aromatic carbocycles. The predicted molar refractivity (Wildman–Crippen MR) is 129 cm³/mol. The van der Waals surface area contributed by atoms with Crippen molar-refractivity contribution in [3.63, 3.8) is 0 Å². The summed E-state index contributed by atoms with van der Waals surface area (Å²) in [5.74, 6) is 0.349. The van der Waals surface area contributed by atoms with E-state index in [0.29, 0.717) is 41.5 Å². The molecule has 2 aliphatic heterocycles. The Labute approximate surface area is 195 Å². The molecular weight excluding hydrogens is 418 g/mol. The summed E-state index contributed by atoms with van der Waals surface area (Å²) >= 11 is 0. The third-order valence-corrected chi connectivity index (χ3v) is 6.62. The molecule has 2 aliphatic rings. The number of hydrogen-bond acceptors (Lipinski definition) is 6. The molecule has 7 heteroatoms. The van der Waals surface area contributed by atoms with Crippen LogP contribution in [-0.4, -0.2) is 68.6 Å². The van der Waals surface area contributed by atoms with E-state index in [2.05, 4.69) is 16.7 Å². The maximum atomic E-state index is 13.8. The lowest BCUT2D eigenvalue weighted by Gasteiger charge is -2.36. The monoisotopic (exact) mass is 449 g/mol. The molecule has 0 N–H and O–H groups in total. The van der Waals surface area contributed by atoms with Crippen LogP contribution in [0.4, 0.5) is 5.69 Å². The molecule has 0 unspecified atom stereocenters. The van der Waals surface area contributed by atoms with E-state index in [4.69, 9.17) is 9.47 Å². The third-order valence-electron chi connectivity index (χ3n) is 6.62. The number of rotatable bonds is 6. The predicted octanol–water partition coefficient (Wildman–Crippen LogP) is 3.24. The molecule has 0 bridgehead atoms. The number of methoxy groups -OCH3 is 2. The lowest BCUT2D eigenvalue weighted by Crippen LogP contribution is -2.47. The minimum absolute atomic E-state index is 0.318. The highest BCUT2D eigenvalue weighted by Gasteiger charge is 2.44. The van der Waals surface area contributed by atoms with Gasteiger partial charge in [-0.1, -0.05) is 25.1 Å². The normalized spacial score (nSPS) is 17.2. The fourth-order valence-corrected chi connectivity index (χ4v) is 4.44. The van der Waals surface area contributed by atoms with E-state index in [9.17, 15) is 9.59 Å². The average molecular weight is 450 g/mol. The van der Waals surface area contributed by atoms with E-state index < -0.39 is 0 Å². The summed E-state index contributed by atoms with van der Waals surface area (Å²) in [7, 11) is 3.08. The summed E-state index contributed by atoms with van der Waals surface area (Å²) in [4.78, 5) is 33.3. The molecule has 1 fully saturated rings. The number of benzene rings is 2. The summed E-state index contributed by atoms with van der Waals surface area (Å²) in [6.07, 6.45) is 0. The molecule has 174 valence electrons. The van der Waals surface area contributed by atoms with Gasteiger partial charge < -0.3 is 19.3 Å². The largest absolute Gasteiger partial charge is 0.497 e. The summed E-state index contributed by atoms with van der Waals surface area (Å²) in [6.45, 7) is 10.3. The van der Waals surface area contributed by atoms with Gasteiger partial charge in [0.05, 0.1) is 25.5 Å². The molecule has 2 amide bonds. The third kappa shape index (κ3) is 4.09. The average Bonchev–Trinajstić information content (AvgIpc) is 3.10. The number of carbonyl (C=O) groups excluding carboxylic acids is 2. The van der Waals surface area contributed by atoms with Gasteiger partial charge in [0, 0.05) is 32.2 Å². The van der Waals surface area contributed by atoms with Gasteiger partial charge in [-0.3, -0.25) is 9.59 Å². The molecular formula is C26H31N3O4. The maximum absolute atomic E-state index is 13.8. The molecule has 0 atom stereocenters. The van der Waals surface area contributed by atoms with E-state index in [1.165, 1.54) is 12.0 Å². The van der Waals surface area contributed by atoms with Crippen LogP contribution in [-0.2, 0) is 9.59 Å². The van der Waals surface area contributed by atoms with Crippen molar-refractivity contribution in [2.45, 2.75) is 20.8 Å². The van der Waals surface area contributed by atoms with Crippen LogP contribution in [0.5, 0.6) is 11.5 Å². The molecule has 7 nitrogen and oxygen atoms in total. The van der Waals surface area contributed by atoms with Crippen molar-refractivity contribution >= 4 is 23.1 Å². The quantitative estimate of drug-likeness (QED) is 0.631. The van der Waals surface area contributed by atoms with E-state index in [-0.39, 0.29) is 11.8 Å². The number of likely N-dealkylation sites (N-methyl/N-ethyl adjacent to an activating group) is 1. The number of carbonyl (C=O) groups is 2. The van der Waals surface area contributed by atoms with Gasteiger partial charge >= 0.3 is 0 Å². The number of aryl methyl sites for hydroxylation is 2. The summed E-state index contributed by atoms with van der Waals surface area (Å²) < 4.78 is 10.8. The minimum atomic E-state index is -0.334. The summed E-state index contributed by atoms with van der Waals surface area (Å²) in [5, 5.41) is 0. The lowest BCUT2D eigenvalue weighted by molar-refractivity contribution is -0.120. The van der Waals surface area contributed by atoms with Gasteiger partial charge in [-0.15, -0.1) is 0 Å². The van der Waals surface area contributed by atoms with Crippen LogP contribution in [0.3, 0.4) is 0 Å². The Balaban J connectivity index is 1.82. The molecule has 2 heterocycles. The van der Waals surface area contributed by atoms with E-state index >= 15 is 0 Å². The molecule has 33 heavy (non-hydrogen) atoms. The fraction of sp³-hybridized carbons (Fsp3) is 0.385. The molecule has 1 saturated heterocycles. The highest BCUT2D eigenvalue weighted by Crippen LogP contribution is 2.40. The Hall–Kier alpha value is -3.32. The fourth-order valence-electron chi connectivity index (χ4n) is 4.44. The number of hydrogen-bond donors (Lipinski definition) is 0. The first-order valence-electron chi connectivity index (χ1n) is 11.3. The van der Waals surface area contributed by atoms with Crippen LogP contribution in [0.25, 0.3) is 5.57 Å². The second-order valence-electron chi connectivity index (χ2n) is 8.43. The van der Waals surface area contributed by atoms with Crippen molar-refractivity contribution < 1.29 is 19.1 Å². The van der Waals surface area contributed by atoms with Crippen molar-refractivity contribution in [1.29, 1.82) is 0 Å². The first-order valence-corrected chi connectivity index (χ1v) is 11.3. The van der Waals surface area contributed by atoms with Crippen molar-refractivity contribution in [1.82, 2.24) is 9.80 Å². The van der Waals surface area contributed by atoms with Crippen molar-refractivity contribution in [2.24, 2.45) is 0 Å². The van der Waals surface area contributed by atoms with Crippen LogP contribution < -0.4 is 14.4 Å². The highest BCUT2D eigenvalue weighted by atomic mass is 16.5. The first-order chi connectivity index (χ1) is 15.9. The van der Waals surface area contributed by atoms with Gasteiger partial charge in [-0.05, 0) is 49.2 Å². The SMILES string of the molecule is CCN1CCN(C2=C(c3ccc(C)c(C)c3)C(=O)N(c3ccc(OC)cc3OC)C2=O)CC1. The highest BCUT2D eigenvalue weighted by molar-refractivity contribution is 6.45. The molecule has 0 radical (unpaired) electrons. The number of anilines is 1. The van der Waals surface area contributed by atoms with Gasteiger partial charge in [0.1, 0.15) is 17.2 Å². The molecule has 0 aliphatic carbocycles. The van der Waals surface area contributed by atoms with Gasteiger partial charge in [-0.2, -0.15) is 0 Å². The summed E-state index contributed by atoms with van der Waals surface area (Å²) in [6, 6.07) is 11.0. The van der Waals surface area contributed by atoms with Crippen LogP contribution in [0, 0.1) is 13.8 Å². The second-order valence-corrected chi connectivity index (χ2v) is 8.43. The molecule has 2 aromatic rings. The second kappa shape index (κ2) is 9.27. The van der Waals surface area contributed by atoms with E-state index in [0.717, 1.165) is 36.3 Å². The van der Waals surface area contributed by atoms with Gasteiger partial charge in [-0.25, -0.2) is 4.90 Å². The maximum Gasteiger partial charge on any atom is 0.282 e. The number of nitrogens with zero attached hydrogens (tertiary/aromatic N) is 3. The lowest BCUT2D eigenvalue weighted by atomic mass is 9.99. The number of amides is 2. The topological polar surface area (TPSA) is 62.3 Å². The summed E-state index contributed by atoms with van der Waals surface area (Å²) in [5.41, 5.74) is 4.32. The molecule has 4 rings (SSSR count). The van der Waals surface area contributed by atoms with Crippen molar-refractivity contribution in [2.75, 3.05) is 51.8 Å². The molecule has 0 aromatic heterocycles. The Morgan fingerprint density at radius 2 is 1.58 bits per heavy atom.